The molecule has 1 aliphatic heterocycles. The molecule has 1 unspecified atom stereocenters. The quantitative estimate of drug-likeness (QED) is 0.839. The van der Waals surface area contributed by atoms with Gasteiger partial charge in [0.25, 0.3) is 5.91 Å². The molecule has 1 aromatic carbocycles. The molecular formula is C19H23ClN4O3. The van der Waals surface area contributed by atoms with Crippen LogP contribution in [0.15, 0.2) is 24.5 Å². The number of methoxy groups -OCH3 is 2. The van der Waals surface area contributed by atoms with Gasteiger partial charge in [0.1, 0.15) is 29.3 Å². The van der Waals surface area contributed by atoms with Crippen LogP contribution in [0.25, 0.3) is 0 Å². The van der Waals surface area contributed by atoms with Crippen LogP contribution in [0.5, 0.6) is 11.5 Å². The van der Waals surface area contributed by atoms with Crippen LogP contribution < -0.4 is 19.7 Å². The highest BCUT2D eigenvalue weighted by Gasteiger charge is 2.20. The molecule has 8 heteroatoms. The maximum atomic E-state index is 12.7. The van der Waals surface area contributed by atoms with Gasteiger partial charge in [-0.2, -0.15) is 0 Å². The number of nitrogens with zero attached hydrogens (tertiary/aromatic N) is 3. The fraction of sp³-hybridized carbons (Fsp3) is 0.421. The van der Waals surface area contributed by atoms with Gasteiger partial charge >= 0.3 is 0 Å². The van der Waals surface area contributed by atoms with Crippen molar-refractivity contribution >= 4 is 29.0 Å². The molecule has 144 valence electrons. The first kappa shape index (κ1) is 19.2. The summed E-state index contributed by atoms with van der Waals surface area (Å²) < 4.78 is 10.5. The highest BCUT2D eigenvalue weighted by Crippen LogP contribution is 2.36. The third-order valence-electron chi connectivity index (χ3n) is 4.59. The SMILES string of the molecule is COc1cc(NC(=O)c2cc(N3CCCC(C)C3)ncn2)c(OC)cc1Cl. The summed E-state index contributed by atoms with van der Waals surface area (Å²) in [6.07, 6.45) is 3.75. The second-order valence-corrected chi connectivity index (χ2v) is 7.00. The smallest absolute Gasteiger partial charge is 0.274 e. The fourth-order valence-electron chi connectivity index (χ4n) is 3.19. The Morgan fingerprint density at radius 1 is 1.22 bits per heavy atom. The van der Waals surface area contributed by atoms with Crippen molar-refractivity contribution < 1.29 is 14.3 Å². The largest absolute Gasteiger partial charge is 0.495 e. The number of nitrogens with one attached hydrogen (secondary N) is 1. The molecule has 0 radical (unpaired) electrons. The summed E-state index contributed by atoms with van der Waals surface area (Å²) in [6.45, 7) is 4.09. The maximum absolute atomic E-state index is 12.7. The molecule has 0 saturated carbocycles. The van der Waals surface area contributed by atoms with Crippen molar-refractivity contribution in [2.45, 2.75) is 19.8 Å². The lowest BCUT2D eigenvalue weighted by atomic mass is 10.0. The van der Waals surface area contributed by atoms with Crippen LogP contribution in [0, 0.1) is 5.92 Å². The number of halogens is 1. The minimum atomic E-state index is -0.355. The fourth-order valence-corrected chi connectivity index (χ4v) is 3.42. The van der Waals surface area contributed by atoms with E-state index in [0.29, 0.717) is 28.1 Å². The predicted octanol–water partition coefficient (Wildman–Crippen LogP) is 3.64. The zero-order chi connectivity index (χ0) is 19.4. The Morgan fingerprint density at radius 3 is 2.70 bits per heavy atom. The van der Waals surface area contributed by atoms with Crippen LogP contribution >= 0.6 is 11.6 Å². The van der Waals surface area contributed by atoms with E-state index < -0.39 is 0 Å². The monoisotopic (exact) mass is 390 g/mol. The van der Waals surface area contributed by atoms with Gasteiger partial charge in [-0.3, -0.25) is 4.79 Å². The van der Waals surface area contributed by atoms with E-state index in [4.69, 9.17) is 21.1 Å². The predicted molar refractivity (Wildman–Crippen MR) is 105 cm³/mol. The van der Waals surface area contributed by atoms with Crippen molar-refractivity contribution in [2.24, 2.45) is 5.92 Å². The highest BCUT2D eigenvalue weighted by molar-refractivity contribution is 6.32. The van der Waals surface area contributed by atoms with E-state index in [0.717, 1.165) is 25.3 Å². The van der Waals surface area contributed by atoms with E-state index in [2.05, 4.69) is 27.1 Å². The normalized spacial score (nSPS) is 16.7. The lowest BCUT2D eigenvalue weighted by molar-refractivity contribution is 0.102. The number of hydrogen-bond donors (Lipinski definition) is 1. The Kier molecular flexibility index (Phi) is 6.01. The molecule has 0 bridgehead atoms. The molecule has 2 heterocycles. The van der Waals surface area contributed by atoms with Crippen molar-refractivity contribution in [3.05, 3.63) is 35.2 Å². The lowest BCUT2D eigenvalue weighted by Crippen LogP contribution is -2.35. The van der Waals surface area contributed by atoms with Crippen LogP contribution in [0.1, 0.15) is 30.3 Å². The number of amides is 1. The van der Waals surface area contributed by atoms with E-state index in [1.165, 1.54) is 27.0 Å². The van der Waals surface area contributed by atoms with Crippen molar-refractivity contribution in [2.75, 3.05) is 37.5 Å². The number of aromatic nitrogens is 2. The summed E-state index contributed by atoms with van der Waals surface area (Å²) in [7, 11) is 3.02. The van der Waals surface area contributed by atoms with Crippen LogP contribution in [-0.4, -0.2) is 43.2 Å². The van der Waals surface area contributed by atoms with Crippen molar-refractivity contribution in [1.29, 1.82) is 0 Å². The standard InChI is InChI=1S/C19H23ClN4O3/c1-12-5-4-6-24(10-12)18-9-15(21-11-22-18)19(25)23-14-8-16(26-2)13(20)7-17(14)27-3/h7-9,11-12H,4-6,10H2,1-3H3,(H,23,25). The van der Waals surface area contributed by atoms with Crippen LogP contribution in [0.3, 0.4) is 0 Å². The molecule has 0 spiro atoms. The lowest BCUT2D eigenvalue weighted by Gasteiger charge is -2.31. The minimum Gasteiger partial charge on any atom is -0.495 e. The number of carbonyl (C=O) groups excluding carboxylic acids is 1. The number of piperidine rings is 1. The zero-order valence-electron chi connectivity index (χ0n) is 15.7. The first-order valence-electron chi connectivity index (χ1n) is 8.81. The van der Waals surface area contributed by atoms with Gasteiger partial charge in [0.2, 0.25) is 0 Å². The Labute approximate surface area is 163 Å². The second-order valence-electron chi connectivity index (χ2n) is 6.60. The highest BCUT2D eigenvalue weighted by atomic mass is 35.5. The van der Waals surface area contributed by atoms with Gasteiger partial charge in [-0.05, 0) is 18.8 Å². The van der Waals surface area contributed by atoms with Crippen LogP contribution in [0.2, 0.25) is 5.02 Å². The molecule has 1 fully saturated rings. The summed E-state index contributed by atoms with van der Waals surface area (Å²) in [4.78, 5) is 23.4. The Balaban J connectivity index is 1.82. The van der Waals surface area contributed by atoms with Gasteiger partial charge in [0.05, 0.1) is 24.9 Å². The zero-order valence-corrected chi connectivity index (χ0v) is 16.4. The summed E-state index contributed by atoms with van der Waals surface area (Å²) in [6, 6.07) is 4.93. The third-order valence-corrected chi connectivity index (χ3v) is 4.88. The average Bonchev–Trinajstić information content (AvgIpc) is 2.69. The van der Waals surface area contributed by atoms with Crippen molar-refractivity contribution in [3.63, 3.8) is 0 Å². The molecular weight excluding hydrogens is 368 g/mol. The molecule has 2 aromatic rings. The summed E-state index contributed by atoms with van der Waals surface area (Å²) >= 11 is 6.11. The van der Waals surface area contributed by atoms with Gasteiger partial charge in [0, 0.05) is 31.3 Å². The first-order valence-corrected chi connectivity index (χ1v) is 9.19. The van der Waals surface area contributed by atoms with Gasteiger partial charge in [-0.25, -0.2) is 9.97 Å². The topological polar surface area (TPSA) is 76.6 Å². The van der Waals surface area contributed by atoms with Crippen LogP contribution in [0.4, 0.5) is 11.5 Å². The number of anilines is 2. The van der Waals surface area contributed by atoms with Crippen molar-refractivity contribution in [3.8, 4) is 11.5 Å². The number of carbonyl (C=O) groups is 1. The van der Waals surface area contributed by atoms with E-state index in [9.17, 15) is 4.79 Å². The van der Waals surface area contributed by atoms with E-state index >= 15 is 0 Å². The summed E-state index contributed by atoms with van der Waals surface area (Å²) in [5.41, 5.74) is 0.740. The van der Waals surface area contributed by atoms with E-state index in [-0.39, 0.29) is 11.6 Å². The molecule has 1 saturated heterocycles. The van der Waals surface area contributed by atoms with E-state index in [1.807, 2.05) is 0 Å². The Morgan fingerprint density at radius 2 is 2.00 bits per heavy atom. The van der Waals surface area contributed by atoms with Gasteiger partial charge in [-0.1, -0.05) is 18.5 Å². The molecule has 7 nitrogen and oxygen atoms in total. The molecule has 1 N–H and O–H groups in total. The third kappa shape index (κ3) is 4.42. The number of ether oxygens (including phenoxy) is 2. The number of rotatable bonds is 5. The van der Waals surface area contributed by atoms with E-state index in [1.54, 1.807) is 18.2 Å². The minimum absolute atomic E-state index is 0.286. The molecule has 1 amide bonds. The molecule has 1 aromatic heterocycles. The number of hydrogen-bond acceptors (Lipinski definition) is 6. The molecule has 3 rings (SSSR count). The van der Waals surface area contributed by atoms with Gasteiger partial charge in [0.15, 0.2) is 0 Å². The molecule has 1 atom stereocenters. The molecule has 27 heavy (non-hydrogen) atoms. The maximum Gasteiger partial charge on any atom is 0.274 e. The average molecular weight is 391 g/mol. The van der Waals surface area contributed by atoms with Gasteiger partial charge in [-0.15, -0.1) is 0 Å². The summed E-state index contributed by atoms with van der Waals surface area (Å²) in [5, 5.41) is 3.21. The first-order chi connectivity index (χ1) is 13.0. The van der Waals surface area contributed by atoms with Gasteiger partial charge < -0.3 is 19.7 Å². The molecule has 0 aliphatic carbocycles. The van der Waals surface area contributed by atoms with Crippen LogP contribution in [-0.2, 0) is 0 Å². The second kappa shape index (κ2) is 8.43. The van der Waals surface area contributed by atoms with Crippen molar-refractivity contribution in [1.82, 2.24) is 9.97 Å². The Hall–Kier alpha value is -2.54. The molecule has 1 aliphatic rings. The Bertz CT molecular complexity index is 831. The summed E-state index contributed by atoms with van der Waals surface area (Å²) in [5.74, 6) is 1.90. The number of benzene rings is 1.